The van der Waals surface area contributed by atoms with E-state index >= 15 is 0 Å². The predicted molar refractivity (Wildman–Crippen MR) is 108 cm³/mol. The van der Waals surface area contributed by atoms with Crippen LogP contribution < -0.4 is 0 Å². The van der Waals surface area contributed by atoms with Crippen molar-refractivity contribution in [1.29, 1.82) is 0 Å². The molecule has 1 aliphatic carbocycles. The summed E-state index contributed by atoms with van der Waals surface area (Å²) in [7, 11) is 0. The first-order valence-electron chi connectivity index (χ1n) is 9.81. The SMILES string of the molecule is CCCCC1CCC(c2ccc(-c3ccc(SC(F)F)cc3)cc2)CC1. The first kappa shape index (κ1) is 19.4. The quantitative estimate of drug-likeness (QED) is 0.441. The van der Waals surface area contributed by atoms with Crippen molar-refractivity contribution in [2.75, 3.05) is 0 Å². The van der Waals surface area contributed by atoms with Crippen molar-refractivity contribution >= 4 is 11.8 Å². The highest BCUT2D eigenvalue weighted by Gasteiger charge is 2.21. The highest BCUT2D eigenvalue weighted by Crippen LogP contribution is 2.38. The standard InChI is InChI=1S/C23H28F2S/c1-2-3-4-17-5-7-18(8-6-17)19-9-11-20(12-10-19)21-13-15-22(16-14-21)26-23(24)25/h9-18,23H,2-8H2,1H3. The monoisotopic (exact) mass is 374 g/mol. The second-order valence-corrected chi connectivity index (χ2v) is 8.45. The predicted octanol–water partition coefficient (Wildman–Crippen LogP) is 8.13. The molecule has 0 unspecified atom stereocenters. The normalized spacial score (nSPS) is 20.5. The maximum atomic E-state index is 12.4. The van der Waals surface area contributed by atoms with Gasteiger partial charge in [0.1, 0.15) is 0 Å². The number of rotatable bonds is 7. The minimum Gasteiger partial charge on any atom is -0.198 e. The summed E-state index contributed by atoms with van der Waals surface area (Å²) in [6, 6.07) is 16.3. The molecule has 1 fully saturated rings. The van der Waals surface area contributed by atoms with Crippen molar-refractivity contribution in [2.45, 2.75) is 68.4 Å². The molecule has 140 valence electrons. The fourth-order valence-corrected chi connectivity index (χ4v) is 4.55. The van der Waals surface area contributed by atoms with E-state index in [9.17, 15) is 8.78 Å². The van der Waals surface area contributed by atoms with Crippen LogP contribution in [-0.4, -0.2) is 5.76 Å². The van der Waals surface area contributed by atoms with E-state index < -0.39 is 5.76 Å². The van der Waals surface area contributed by atoms with Gasteiger partial charge in [0.15, 0.2) is 0 Å². The van der Waals surface area contributed by atoms with Crippen molar-refractivity contribution < 1.29 is 8.78 Å². The first-order valence-corrected chi connectivity index (χ1v) is 10.7. The summed E-state index contributed by atoms with van der Waals surface area (Å²) in [4.78, 5) is 0.611. The summed E-state index contributed by atoms with van der Waals surface area (Å²) in [6.07, 6.45) is 9.45. The van der Waals surface area contributed by atoms with E-state index in [2.05, 4.69) is 31.2 Å². The van der Waals surface area contributed by atoms with E-state index in [0.29, 0.717) is 22.6 Å². The molecule has 0 saturated heterocycles. The van der Waals surface area contributed by atoms with Gasteiger partial charge in [-0.2, -0.15) is 8.78 Å². The lowest BCUT2D eigenvalue weighted by Crippen LogP contribution is -2.13. The van der Waals surface area contributed by atoms with E-state index in [0.717, 1.165) is 17.0 Å². The average Bonchev–Trinajstić information content (AvgIpc) is 2.67. The number of hydrogen-bond acceptors (Lipinski definition) is 1. The van der Waals surface area contributed by atoms with E-state index in [1.54, 1.807) is 12.1 Å². The maximum absolute atomic E-state index is 12.4. The fraction of sp³-hybridized carbons (Fsp3) is 0.478. The molecule has 2 aromatic carbocycles. The number of hydrogen-bond donors (Lipinski definition) is 0. The van der Waals surface area contributed by atoms with Crippen LogP contribution in [0.3, 0.4) is 0 Å². The van der Waals surface area contributed by atoms with E-state index in [4.69, 9.17) is 0 Å². The van der Waals surface area contributed by atoms with Gasteiger partial charge in [0.05, 0.1) is 0 Å². The highest BCUT2D eigenvalue weighted by atomic mass is 32.2. The van der Waals surface area contributed by atoms with Crippen molar-refractivity contribution in [1.82, 2.24) is 0 Å². The molecule has 0 atom stereocenters. The van der Waals surface area contributed by atoms with Crippen LogP contribution in [0.15, 0.2) is 53.4 Å². The maximum Gasteiger partial charge on any atom is 0.288 e. The minimum atomic E-state index is -2.36. The van der Waals surface area contributed by atoms with Gasteiger partial charge in [-0.05, 0) is 66.3 Å². The molecular formula is C23H28F2S. The Hall–Kier alpha value is -1.35. The zero-order chi connectivity index (χ0) is 18.4. The summed E-state index contributed by atoms with van der Waals surface area (Å²) in [5.74, 6) is -0.723. The Balaban J connectivity index is 1.58. The number of thioether (sulfide) groups is 1. The number of alkyl halides is 2. The second kappa shape index (κ2) is 9.55. The van der Waals surface area contributed by atoms with Gasteiger partial charge >= 0.3 is 0 Å². The van der Waals surface area contributed by atoms with Crippen LogP contribution in [0.25, 0.3) is 11.1 Å². The Bertz CT molecular complexity index is 656. The van der Waals surface area contributed by atoms with Crippen LogP contribution in [0.4, 0.5) is 8.78 Å². The molecule has 2 aromatic rings. The molecule has 0 bridgehead atoms. The zero-order valence-corrected chi connectivity index (χ0v) is 16.3. The molecule has 26 heavy (non-hydrogen) atoms. The lowest BCUT2D eigenvalue weighted by Gasteiger charge is -2.29. The summed E-state index contributed by atoms with van der Waals surface area (Å²) in [5.41, 5.74) is 3.69. The first-order chi connectivity index (χ1) is 12.7. The van der Waals surface area contributed by atoms with Gasteiger partial charge in [0, 0.05) is 4.90 Å². The van der Waals surface area contributed by atoms with Gasteiger partial charge in [-0.1, -0.05) is 74.3 Å². The third-order valence-electron chi connectivity index (χ3n) is 5.61. The molecule has 0 aliphatic heterocycles. The Kier molecular flexibility index (Phi) is 7.13. The van der Waals surface area contributed by atoms with Crippen molar-refractivity contribution in [3.05, 3.63) is 54.1 Å². The molecule has 0 radical (unpaired) electrons. The van der Waals surface area contributed by atoms with Gasteiger partial charge < -0.3 is 0 Å². The lowest BCUT2D eigenvalue weighted by molar-refractivity contribution is 0.252. The number of unbranched alkanes of at least 4 members (excludes halogenated alkanes) is 1. The van der Waals surface area contributed by atoms with Crippen LogP contribution in [0.5, 0.6) is 0 Å². The Morgan fingerprint density at radius 2 is 1.46 bits per heavy atom. The third-order valence-corrected chi connectivity index (χ3v) is 6.33. The number of halogens is 2. The van der Waals surface area contributed by atoms with E-state index in [1.807, 2.05) is 12.1 Å². The molecule has 3 rings (SSSR count). The smallest absolute Gasteiger partial charge is 0.198 e. The van der Waals surface area contributed by atoms with Crippen LogP contribution in [0.2, 0.25) is 0 Å². The van der Waals surface area contributed by atoms with Crippen LogP contribution in [-0.2, 0) is 0 Å². The summed E-state index contributed by atoms with van der Waals surface area (Å²) >= 11 is 0.595. The fourth-order valence-electron chi connectivity index (χ4n) is 4.05. The Labute approximate surface area is 160 Å². The van der Waals surface area contributed by atoms with Crippen LogP contribution in [0.1, 0.15) is 63.4 Å². The zero-order valence-electron chi connectivity index (χ0n) is 15.5. The third kappa shape index (κ3) is 5.33. The van der Waals surface area contributed by atoms with Crippen LogP contribution >= 0.6 is 11.8 Å². The Morgan fingerprint density at radius 1 is 0.885 bits per heavy atom. The van der Waals surface area contributed by atoms with Crippen molar-refractivity contribution in [2.24, 2.45) is 5.92 Å². The molecule has 1 aliphatic rings. The van der Waals surface area contributed by atoms with Gasteiger partial charge in [-0.15, -0.1) is 0 Å². The summed E-state index contributed by atoms with van der Waals surface area (Å²) in [5, 5.41) is 0. The van der Waals surface area contributed by atoms with Gasteiger partial charge in [0.25, 0.3) is 5.76 Å². The molecule has 3 heteroatoms. The van der Waals surface area contributed by atoms with E-state index in [-0.39, 0.29) is 0 Å². The molecule has 0 heterocycles. The van der Waals surface area contributed by atoms with Gasteiger partial charge in [0.2, 0.25) is 0 Å². The molecule has 0 amide bonds. The highest BCUT2D eigenvalue weighted by molar-refractivity contribution is 7.99. The van der Waals surface area contributed by atoms with Crippen molar-refractivity contribution in [3.8, 4) is 11.1 Å². The second-order valence-electron chi connectivity index (χ2n) is 7.38. The molecule has 0 nitrogen and oxygen atoms in total. The largest absolute Gasteiger partial charge is 0.288 e. The molecule has 0 spiro atoms. The van der Waals surface area contributed by atoms with Crippen molar-refractivity contribution in [3.63, 3.8) is 0 Å². The average molecular weight is 375 g/mol. The summed E-state index contributed by atoms with van der Waals surface area (Å²) in [6.45, 7) is 2.28. The summed E-state index contributed by atoms with van der Waals surface area (Å²) < 4.78 is 24.8. The minimum absolute atomic E-state index is 0.595. The number of benzene rings is 2. The lowest BCUT2D eigenvalue weighted by atomic mass is 9.77. The van der Waals surface area contributed by atoms with Gasteiger partial charge in [-0.3, -0.25) is 0 Å². The molecule has 1 saturated carbocycles. The molecule has 0 N–H and O–H groups in total. The molecule has 0 aromatic heterocycles. The topological polar surface area (TPSA) is 0 Å². The van der Waals surface area contributed by atoms with Gasteiger partial charge in [-0.25, -0.2) is 0 Å². The Morgan fingerprint density at radius 3 is 2.00 bits per heavy atom. The van der Waals surface area contributed by atoms with Crippen LogP contribution in [0, 0.1) is 5.92 Å². The molecular weight excluding hydrogens is 346 g/mol. The van der Waals surface area contributed by atoms with E-state index in [1.165, 1.54) is 50.5 Å².